The van der Waals surface area contributed by atoms with Crippen LogP contribution in [0.25, 0.3) is 0 Å². The molecule has 0 aliphatic heterocycles. The lowest BCUT2D eigenvalue weighted by molar-refractivity contribution is 0.0953. The van der Waals surface area contributed by atoms with Crippen molar-refractivity contribution < 1.29 is 9.53 Å². The zero-order valence-corrected chi connectivity index (χ0v) is 17.8. The van der Waals surface area contributed by atoms with E-state index in [1.165, 1.54) is 21.6 Å². The summed E-state index contributed by atoms with van der Waals surface area (Å²) in [5.74, 6) is 1.74. The Balaban J connectivity index is 1.40. The van der Waals surface area contributed by atoms with Crippen LogP contribution in [0.15, 0.2) is 77.7 Å². The van der Waals surface area contributed by atoms with Gasteiger partial charge in [-0.3, -0.25) is 4.79 Å². The van der Waals surface area contributed by atoms with E-state index in [4.69, 9.17) is 4.74 Å². The van der Waals surface area contributed by atoms with E-state index in [-0.39, 0.29) is 5.91 Å². The van der Waals surface area contributed by atoms with Gasteiger partial charge in [0, 0.05) is 22.8 Å². The van der Waals surface area contributed by atoms with Crippen LogP contribution in [0.2, 0.25) is 0 Å². The van der Waals surface area contributed by atoms with Crippen LogP contribution in [0.3, 0.4) is 0 Å². The summed E-state index contributed by atoms with van der Waals surface area (Å²) in [6, 6.07) is 24.5. The molecule has 0 bridgehead atoms. The van der Waals surface area contributed by atoms with Crippen molar-refractivity contribution in [1.82, 2.24) is 5.32 Å². The van der Waals surface area contributed by atoms with E-state index < -0.39 is 0 Å². The van der Waals surface area contributed by atoms with Crippen molar-refractivity contribution in [3.8, 4) is 5.75 Å². The first kappa shape index (κ1) is 21.0. The summed E-state index contributed by atoms with van der Waals surface area (Å²) in [5.41, 5.74) is 4.44. The third-order valence-electron chi connectivity index (χ3n) is 4.73. The van der Waals surface area contributed by atoms with Crippen molar-refractivity contribution in [2.75, 3.05) is 13.7 Å². The highest BCUT2D eigenvalue weighted by Crippen LogP contribution is 2.23. The smallest absolute Gasteiger partial charge is 0.251 e. The summed E-state index contributed by atoms with van der Waals surface area (Å²) >= 11 is 1.81. The number of carbonyl (C=O) groups excluding carboxylic acids is 1. The second kappa shape index (κ2) is 10.7. The van der Waals surface area contributed by atoms with Gasteiger partial charge in [0.05, 0.1) is 7.11 Å². The number of benzene rings is 3. The van der Waals surface area contributed by atoms with Crippen LogP contribution < -0.4 is 10.1 Å². The molecule has 3 rings (SSSR count). The molecule has 3 aromatic rings. The topological polar surface area (TPSA) is 38.3 Å². The van der Waals surface area contributed by atoms with E-state index in [0.29, 0.717) is 12.1 Å². The summed E-state index contributed by atoms with van der Waals surface area (Å²) in [6.45, 7) is 2.76. The number of carbonyl (C=O) groups is 1. The van der Waals surface area contributed by atoms with Crippen molar-refractivity contribution in [1.29, 1.82) is 0 Å². The first-order valence-electron chi connectivity index (χ1n) is 9.83. The van der Waals surface area contributed by atoms with Crippen LogP contribution >= 0.6 is 11.8 Å². The fraction of sp³-hybridized carbons (Fsp3) is 0.240. The van der Waals surface area contributed by atoms with Crippen molar-refractivity contribution in [3.05, 3.63) is 95.1 Å². The third kappa shape index (κ3) is 6.68. The summed E-state index contributed by atoms with van der Waals surface area (Å²) in [5, 5.41) is 3.01. The van der Waals surface area contributed by atoms with Gasteiger partial charge in [0.2, 0.25) is 0 Å². The SMILES string of the molecule is COc1ccc(CCCNC(=O)c2ccc(CSc3ccc(C)cc3)cc2)cc1. The number of rotatable bonds is 9. The average Bonchev–Trinajstić information content (AvgIpc) is 2.77. The van der Waals surface area contributed by atoms with Crippen molar-refractivity contribution in [3.63, 3.8) is 0 Å². The molecule has 1 amide bonds. The Hall–Kier alpha value is -2.72. The lowest BCUT2D eigenvalue weighted by Crippen LogP contribution is -2.24. The summed E-state index contributed by atoms with van der Waals surface area (Å²) in [7, 11) is 1.67. The minimum atomic E-state index is -0.0162. The average molecular weight is 406 g/mol. The Kier molecular flexibility index (Phi) is 7.77. The molecular weight excluding hydrogens is 378 g/mol. The molecule has 0 radical (unpaired) electrons. The Labute approximate surface area is 177 Å². The molecule has 3 aromatic carbocycles. The number of amides is 1. The van der Waals surface area contributed by atoms with Gasteiger partial charge in [-0.25, -0.2) is 0 Å². The molecule has 0 saturated carbocycles. The fourth-order valence-electron chi connectivity index (χ4n) is 2.94. The highest BCUT2D eigenvalue weighted by atomic mass is 32.2. The van der Waals surface area contributed by atoms with Gasteiger partial charge < -0.3 is 10.1 Å². The molecule has 0 heterocycles. The van der Waals surface area contributed by atoms with Gasteiger partial charge >= 0.3 is 0 Å². The van der Waals surface area contributed by atoms with E-state index in [1.807, 2.05) is 36.4 Å². The van der Waals surface area contributed by atoms with Gasteiger partial charge in [-0.15, -0.1) is 11.8 Å². The predicted molar refractivity (Wildman–Crippen MR) is 121 cm³/mol. The number of hydrogen-bond donors (Lipinski definition) is 1. The number of methoxy groups -OCH3 is 1. The number of hydrogen-bond acceptors (Lipinski definition) is 3. The van der Waals surface area contributed by atoms with Crippen LogP contribution in [0.1, 0.15) is 33.5 Å². The Morgan fingerprint density at radius 1 is 0.897 bits per heavy atom. The van der Waals surface area contributed by atoms with Crippen LogP contribution in [-0.4, -0.2) is 19.6 Å². The summed E-state index contributed by atoms with van der Waals surface area (Å²) < 4.78 is 5.17. The first-order valence-corrected chi connectivity index (χ1v) is 10.8. The maximum absolute atomic E-state index is 12.3. The predicted octanol–water partition coefficient (Wildman–Crippen LogP) is 5.66. The lowest BCUT2D eigenvalue weighted by atomic mass is 10.1. The molecule has 150 valence electrons. The molecule has 0 aliphatic rings. The molecular formula is C25H27NO2S. The van der Waals surface area contributed by atoms with Crippen molar-refractivity contribution in [2.45, 2.75) is 30.4 Å². The molecule has 0 atom stereocenters. The molecule has 0 aromatic heterocycles. The highest BCUT2D eigenvalue weighted by molar-refractivity contribution is 7.98. The van der Waals surface area contributed by atoms with Gasteiger partial charge in [0.1, 0.15) is 5.75 Å². The highest BCUT2D eigenvalue weighted by Gasteiger charge is 2.05. The van der Waals surface area contributed by atoms with Crippen molar-refractivity contribution >= 4 is 17.7 Å². The standard InChI is InChI=1S/C25H27NO2S/c1-19-5-15-24(16-6-19)29-18-21-7-11-22(12-8-21)25(27)26-17-3-4-20-9-13-23(28-2)14-10-20/h5-16H,3-4,17-18H2,1-2H3,(H,26,27). The summed E-state index contributed by atoms with van der Waals surface area (Å²) in [6.07, 6.45) is 1.84. The van der Waals surface area contributed by atoms with E-state index >= 15 is 0 Å². The van der Waals surface area contributed by atoms with Crippen LogP contribution in [-0.2, 0) is 12.2 Å². The molecule has 0 aliphatic carbocycles. The zero-order valence-electron chi connectivity index (χ0n) is 17.0. The molecule has 1 N–H and O–H groups in total. The van der Waals surface area contributed by atoms with Gasteiger partial charge in [0.25, 0.3) is 5.91 Å². The maximum Gasteiger partial charge on any atom is 0.251 e. The molecule has 3 nitrogen and oxygen atoms in total. The normalized spacial score (nSPS) is 10.6. The zero-order chi connectivity index (χ0) is 20.5. The molecule has 0 spiro atoms. The number of nitrogens with one attached hydrogen (secondary N) is 1. The maximum atomic E-state index is 12.3. The largest absolute Gasteiger partial charge is 0.497 e. The van der Waals surface area contributed by atoms with Crippen LogP contribution in [0.4, 0.5) is 0 Å². The molecule has 4 heteroatoms. The molecule has 0 fully saturated rings. The van der Waals surface area contributed by atoms with Crippen LogP contribution in [0.5, 0.6) is 5.75 Å². The third-order valence-corrected chi connectivity index (χ3v) is 5.81. The second-order valence-corrected chi connectivity index (χ2v) is 8.05. The molecule has 0 saturated heterocycles. The monoisotopic (exact) mass is 405 g/mol. The molecule has 0 unspecified atom stereocenters. The quantitative estimate of drug-likeness (QED) is 0.369. The van der Waals surface area contributed by atoms with E-state index in [2.05, 4.69) is 48.6 Å². The van der Waals surface area contributed by atoms with E-state index in [9.17, 15) is 4.79 Å². The van der Waals surface area contributed by atoms with E-state index in [1.54, 1.807) is 18.9 Å². The second-order valence-electron chi connectivity index (χ2n) is 7.01. The van der Waals surface area contributed by atoms with Gasteiger partial charge in [-0.1, -0.05) is 42.0 Å². The van der Waals surface area contributed by atoms with Crippen molar-refractivity contribution in [2.24, 2.45) is 0 Å². The number of ether oxygens (including phenoxy) is 1. The minimum absolute atomic E-state index is 0.0162. The minimum Gasteiger partial charge on any atom is -0.497 e. The Morgan fingerprint density at radius 2 is 1.55 bits per heavy atom. The van der Waals surface area contributed by atoms with Gasteiger partial charge in [-0.05, 0) is 67.3 Å². The van der Waals surface area contributed by atoms with Crippen LogP contribution in [0, 0.1) is 6.92 Å². The Bertz CT molecular complexity index is 903. The lowest BCUT2D eigenvalue weighted by Gasteiger charge is -2.07. The van der Waals surface area contributed by atoms with E-state index in [0.717, 1.165) is 24.3 Å². The number of thioether (sulfide) groups is 1. The van der Waals surface area contributed by atoms with Gasteiger partial charge in [-0.2, -0.15) is 0 Å². The molecule has 29 heavy (non-hydrogen) atoms. The number of aryl methyl sites for hydroxylation is 2. The Morgan fingerprint density at radius 3 is 2.21 bits per heavy atom. The first-order chi connectivity index (χ1) is 14.1. The fourth-order valence-corrected chi connectivity index (χ4v) is 3.80. The van der Waals surface area contributed by atoms with Gasteiger partial charge in [0.15, 0.2) is 0 Å². The summed E-state index contributed by atoms with van der Waals surface area (Å²) in [4.78, 5) is 13.6.